The fourth-order valence-electron chi connectivity index (χ4n) is 2.06. The SMILES string of the molecule is COc1ccc(Cl)cc1NCc1nnc(-c2ccccc2Cl)o1. The van der Waals surface area contributed by atoms with Crippen molar-refractivity contribution in [3.8, 4) is 17.2 Å². The summed E-state index contributed by atoms with van der Waals surface area (Å²) in [4.78, 5) is 0. The zero-order chi connectivity index (χ0) is 16.2. The summed E-state index contributed by atoms with van der Waals surface area (Å²) >= 11 is 12.1. The van der Waals surface area contributed by atoms with Crippen molar-refractivity contribution >= 4 is 28.9 Å². The third kappa shape index (κ3) is 3.57. The molecule has 0 amide bonds. The number of anilines is 1. The second-order valence-electron chi connectivity index (χ2n) is 4.68. The van der Waals surface area contributed by atoms with E-state index in [1.54, 1.807) is 31.4 Å². The number of methoxy groups -OCH3 is 1. The topological polar surface area (TPSA) is 60.2 Å². The van der Waals surface area contributed by atoms with Gasteiger partial charge in [0, 0.05) is 5.02 Å². The lowest BCUT2D eigenvalue weighted by atomic mass is 10.2. The Kier molecular flexibility index (Phi) is 4.69. The molecule has 0 spiro atoms. The number of nitrogens with one attached hydrogen (secondary N) is 1. The Morgan fingerprint density at radius 1 is 1.13 bits per heavy atom. The van der Waals surface area contributed by atoms with Crippen molar-refractivity contribution in [3.63, 3.8) is 0 Å². The molecule has 2 aromatic carbocycles. The highest BCUT2D eigenvalue weighted by Crippen LogP contribution is 2.29. The summed E-state index contributed by atoms with van der Waals surface area (Å²) in [6.07, 6.45) is 0. The van der Waals surface area contributed by atoms with Gasteiger partial charge in [-0.05, 0) is 30.3 Å². The van der Waals surface area contributed by atoms with Gasteiger partial charge in [0.15, 0.2) is 0 Å². The van der Waals surface area contributed by atoms with E-state index in [4.69, 9.17) is 32.4 Å². The maximum absolute atomic E-state index is 6.12. The molecule has 0 radical (unpaired) electrons. The van der Waals surface area contributed by atoms with Crippen LogP contribution in [-0.2, 0) is 6.54 Å². The van der Waals surface area contributed by atoms with Crippen LogP contribution in [0.1, 0.15) is 5.89 Å². The largest absolute Gasteiger partial charge is 0.495 e. The zero-order valence-electron chi connectivity index (χ0n) is 12.2. The van der Waals surface area contributed by atoms with E-state index in [-0.39, 0.29) is 0 Å². The second-order valence-corrected chi connectivity index (χ2v) is 5.52. The second kappa shape index (κ2) is 6.89. The summed E-state index contributed by atoms with van der Waals surface area (Å²) in [6, 6.07) is 12.6. The molecule has 1 heterocycles. The van der Waals surface area contributed by atoms with Gasteiger partial charge in [-0.1, -0.05) is 35.3 Å². The van der Waals surface area contributed by atoms with Crippen LogP contribution < -0.4 is 10.1 Å². The predicted molar refractivity (Wildman–Crippen MR) is 90.1 cm³/mol. The average molecular weight is 350 g/mol. The van der Waals surface area contributed by atoms with Crippen LogP contribution in [0.25, 0.3) is 11.5 Å². The number of rotatable bonds is 5. The molecule has 0 aliphatic carbocycles. The molecular formula is C16H13Cl2N3O2. The van der Waals surface area contributed by atoms with Gasteiger partial charge in [0.2, 0.25) is 11.8 Å². The lowest BCUT2D eigenvalue weighted by Crippen LogP contribution is -2.01. The van der Waals surface area contributed by atoms with E-state index in [2.05, 4.69) is 15.5 Å². The Balaban J connectivity index is 1.76. The number of hydrogen-bond donors (Lipinski definition) is 1. The Bertz CT molecular complexity index is 821. The number of hydrogen-bond acceptors (Lipinski definition) is 5. The van der Waals surface area contributed by atoms with Crippen LogP contribution in [0.5, 0.6) is 5.75 Å². The molecule has 0 unspecified atom stereocenters. The fraction of sp³-hybridized carbons (Fsp3) is 0.125. The molecule has 7 heteroatoms. The van der Waals surface area contributed by atoms with Gasteiger partial charge in [-0.25, -0.2) is 0 Å². The van der Waals surface area contributed by atoms with Crippen molar-refractivity contribution in [1.29, 1.82) is 0 Å². The average Bonchev–Trinajstić information content (AvgIpc) is 3.02. The molecular weight excluding hydrogens is 337 g/mol. The maximum Gasteiger partial charge on any atom is 0.249 e. The highest BCUT2D eigenvalue weighted by Gasteiger charge is 2.12. The van der Waals surface area contributed by atoms with Crippen LogP contribution in [0.4, 0.5) is 5.69 Å². The van der Waals surface area contributed by atoms with Crippen molar-refractivity contribution < 1.29 is 9.15 Å². The van der Waals surface area contributed by atoms with Gasteiger partial charge >= 0.3 is 0 Å². The maximum atomic E-state index is 6.12. The van der Waals surface area contributed by atoms with Crippen molar-refractivity contribution in [3.05, 3.63) is 58.4 Å². The molecule has 0 aliphatic rings. The third-order valence-electron chi connectivity index (χ3n) is 3.16. The Morgan fingerprint density at radius 3 is 2.74 bits per heavy atom. The van der Waals surface area contributed by atoms with Gasteiger partial charge in [0.25, 0.3) is 0 Å². The number of halogens is 2. The van der Waals surface area contributed by atoms with Crippen LogP contribution >= 0.6 is 23.2 Å². The monoisotopic (exact) mass is 349 g/mol. The van der Waals surface area contributed by atoms with Crippen LogP contribution in [-0.4, -0.2) is 17.3 Å². The van der Waals surface area contributed by atoms with E-state index in [1.807, 2.05) is 18.2 Å². The first-order valence-electron chi connectivity index (χ1n) is 6.82. The van der Waals surface area contributed by atoms with Crippen LogP contribution in [0.2, 0.25) is 10.0 Å². The number of benzene rings is 2. The van der Waals surface area contributed by atoms with Gasteiger partial charge in [-0.3, -0.25) is 0 Å². The Hall–Kier alpha value is -2.24. The van der Waals surface area contributed by atoms with Gasteiger partial charge in [0.05, 0.1) is 29.9 Å². The summed E-state index contributed by atoms with van der Waals surface area (Å²) in [6.45, 7) is 0.341. The van der Waals surface area contributed by atoms with Crippen molar-refractivity contribution in [2.75, 3.05) is 12.4 Å². The minimum Gasteiger partial charge on any atom is -0.495 e. The number of nitrogens with zero attached hydrogens (tertiary/aromatic N) is 2. The van der Waals surface area contributed by atoms with Crippen molar-refractivity contribution in [1.82, 2.24) is 10.2 Å². The molecule has 0 atom stereocenters. The standard InChI is InChI=1S/C16H13Cl2N3O2/c1-22-14-7-6-10(17)8-13(14)19-9-15-20-21-16(23-15)11-4-2-3-5-12(11)18/h2-8,19H,9H2,1H3. The molecule has 3 rings (SSSR count). The highest BCUT2D eigenvalue weighted by molar-refractivity contribution is 6.33. The van der Waals surface area contributed by atoms with Gasteiger partial charge < -0.3 is 14.5 Å². The highest BCUT2D eigenvalue weighted by atomic mass is 35.5. The smallest absolute Gasteiger partial charge is 0.249 e. The first kappa shape index (κ1) is 15.6. The predicted octanol–water partition coefficient (Wildman–Crippen LogP) is 4.66. The summed E-state index contributed by atoms with van der Waals surface area (Å²) < 4.78 is 10.9. The molecule has 0 saturated carbocycles. The first-order chi connectivity index (χ1) is 11.2. The summed E-state index contributed by atoms with van der Waals surface area (Å²) in [7, 11) is 1.59. The minimum atomic E-state index is 0.341. The molecule has 0 aliphatic heterocycles. The number of ether oxygens (including phenoxy) is 1. The quantitative estimate of drug-likeness (QED) is 0.725. The normalized spacial score (nSPS) is 10.6. The van der Waals surface area contributed by atoms with E-state index in [0.29, 0.717) is 39.7 Å². The minimum absolute atomic E-state index is 0.341. The van der Waals surface area contributed by atoms with Crippen LogP contribution in [0.15, 0.2) is 46.9 Å². The molecule has 0 saturated heterocycles. The van der Waals surface area contributed by atoms with E-state index < -0.39 is 0 Å². The van der Waals surface area contributed by atoms with Crippen molar-refractivity contribution in [2.45, 2.75) is 6.54 Å². The van der Waals surface area contributed by atoms with Crippen LogP contribution in [0, 0.1) is 0 Å². The van der Waals surface area contributed by atoms with E-state index in [1.165, 1.54) is 0 Å². The Morgan fingerprint density at radius 2 is 1.96 bits per heavy atom. The fourth-order valence-corrected chi connectivity index (χ4v) is 2.45. The first-order valence-corrected chi connectivity index (χ1v) is 7.57. The molecule has 0 bridgehead atoms. The molecule has 0 fully saturated rings. The molecule has 3 aromatic rings. The van der Waals surface area contributed by atoms with Gasteiger partial charge in [-0.15, -0.1) is 10.2 Å². The molecule has 118 valence electrons. The molecule has 1 aromatic heterocycles. The van der Waals surface area contributed by atoms with Crippen molar-refractivity contribution in [2.24, 2.45) is 0 Å². The molecule has 5 nitrogen and oxygen atoms in total. The lowest BCUT2D eigenvalue weighted by molar-refractivity contribution is 0.416. The molecule has 1 N–H and O–H groups in total. The third-order valence-corrected chi connectivity index (χ3v) is 3.73. The van der Waals surface area contributed by atoms with Gasteiger partial charge in [-0.2, -0.15) is 0 Å². The molecule has 23 heavy (non-hydrogen) atoms. The van der Waals surface area contributed by atoms with E-state index in [9.17, 15) is 0 Å². The van der Waals surface area contributed by atoms with Gasteiger partial charge in [0.1, 0.15) is 5.75 Å². The lowest BCUT2D eigenvalue weighted by Gasteiger charge is -2.09. The zero-order valence-corrected chi connectivity index (χ0v) is 13.7. The van der Waals surface area contributed by atoms with Crippen LogP contribution in [0.3, 0.4) is 0 Å². The summed E-state index contributed by atoms with van der Waals surface area (Å²) in [5.41, 5.74) is 1.45. The summed E-state index contributed by atoms with van der Waals surface area (Å²) in [5, 5.41) is 12.4. The van der Waals surface area contributed by atoms with E-state index >= 15 is 0 Å². The van der Waals surface area contributed by atoms with E-state index in [0.717, 1.165) is 5.69 Å². The summed E-state index contributed by atoms with van der Waals surface area (Å²) in [5.74, 6) is 1.49. The Labute approximate surface area is 143 Å². The number of aromatic nitrogens is 2.